The van der Waals surface area contributed by atoms with Crippen molar-refractivity contribution >= 4 is 9.84 Å². The third-order valence-electron chi connectivity index (χ3n) is 2.81. The zero-order chi connectivity index (χ0) is 11.8. The lowest BCUT2D eigenvalue weighted by Gasteiger charge is -2.26. The normalized spacial score (nSPS) is 22.8. The van der Waals surface area contributed by atoms with E-state index in [4.69, 9.17) is 0 Å². The minimum atomic E-state index is -3.44. The molecule has 0 saturated heterocycles. The second kappa shape index (κ2) is 4.14. The first-order valence-corrected chi connectivity index (χ1v) is 6.96. The van der Waals surface area contributed by atoms with Gasteiger partial charge in [-0.25, -0.2) is 12.8 Å². The van der Waals surface area contributed by atoms with Crippen molar-refractivity contribution in [2.75, 3.05) is 12.3 Å². The van der Waals surface area contributed by atoms with Crippen LogP contribution in [-0.2, 0) is 9.84 Å². The Kier molecular flexibility index (Phi) is 2.99. The second-order valence-electron chi connectivity index (χ2n) is 3.88. The third-order valence-corrected chi connectivity index (χ3v) is 4.64. The second-order valence-corrected chi connectivity index (χ2v) is 5.92. The highest BCUT2D eigenvalue weighted by Crippen LogP contribution is 2.33. The fourth-order valence-electron chi connectivity index (χ4n) is 2.12. The number of rotatable bonds is 2. The average molecular weight is 243 g/mol. The van der Waals surface area contributed by atoms with E-state index >= 15 is 0 Å². The molecular formula is C11H14FNO2S. The van der Waals surface area contributed by atoms with Crippen LogP contribution in [-0.4, -0.2) is 20.7 Å². The van der Waals surface area contributed by atoms with E-state index in [9.17, 15) is 12.8 Å². The van der Waals surface area contributed by atoms with Crippen LogP contribution in [0.25, 0.3) is 0 Å². The molecule has 0 aliphatic carbocycles. The standard InChI is InChI=1S/C11H14FNO2S/c1-2-13-10-6-7-16(14,15)11-8(10)4-3-5-9(11)12/h3-5,10,13H,2,6-7H2,1H3. The smallest absolute Gasteiger partial charge is 0.181 e. The molecule has 0 aromatic heterocycles. The minimum Gasteiger partial charge on any atom is -0.310 e. The van der Waals surface area contributed by atoms with Gasteiger partial charge in [-0.05, 0) is 24.6 Å². The highest BCUT2D eigenvalue weighted by Gasteiger charge is 2.32. The SMILES string of the molecule is CCNC1CCS(=O)(=O)c2c(F)cccc21. The lowest BCUT2D eigenvalue weighted by atomic mass is 10.0. The molecule has 1 aromatic rings. The summed E-state index contributed by atoms with van der Waals surface area (Å²) in [6, 6.07) is 4.38. The fraction of sp³-hybridized carbons (Fsp3) is 0.455. The molecule has 1 aromatic carbocycles. The molecule has 3 nitrogen and oxygen atoms in total. The van der Waals surface area contributed by atoms with Crippen molar-refractivity contribution in [1.82, 2.24) is 5.32 Å². The van der Waals surface area contributed by atoms with Gasteiger partial charge in [0.15, 0.2) is 9.84 Å². The molecule has 0 spiro atoms. The summed E-state index contributed by atoms with van der Waals surface area (Å²) >= 11 is 0. The van der Waals surface area contributed by atoms with Crippen LogP contribution >= 0.6 is 0 Å². The third kappa shape index (κ3) is 1.85. The molecule has 1 N–H and O–H groups in total. The van der Waals surface area contributed by atoms with Crippen molar-refractivity contribution < 1.29 is 12.8 Å². The summed E-state index contributed by atoms with van der Waals surface area (Å²) in [4.78, 5) is -0.118. The average Bonchev–Trinajstić information content (AvgIpc) is 2.22. The van der Waals surface area contributed by atoms with Gasteiger partial charge in [0.25, 0.3) is 0 Å². The molecule has 0 bridgehead atoms. The van der Waals surface area contributed by atoms with E-state index in [-0.39, 0.29) is 16.7 Å². The first-order chi connectivity index (χ1) is 7.56. The molecule has 2 rings (SSSR count). The van der Waals surface area contributed by atoms with Crippen molar-refractivity contribution in [3.63, 3.8) is 0 Å². The first kappa shape index (κ1) is 11.5. The number of benzene rings is 1. The van der Waals surface area contributed by atoms with Gasteiger partial charge in [-0.15, -0.1) is 0 Å². The van der Waals surface area contributed by atoms with Crippen molar-refractivity contribution in [1.29, 1.82) is 0 Å². The van der Waals surface area contributed by atoms with Crippen LogP contribution < -0.4 is 5.32 Å². The van der Waals surface area contributed by atoms with Crippen molar-refractivity contribution in [2.24, 2.45) is 0 Å². The van der Waals surface area contributed by atoms with Crippen molar-refractivity contribution in [3.05, 3.63) is 29.6 Å². The van der Waals surface area contributed by atoms with Gasteiger partial charge in [0.2, 0.25) is 0 Å². The number of fused-ring (bicyclic) bond motifs is 1. The van der Waals surface area contributed by atoms with Crippen LogP contribution in [0.1, 0.15) is 24.9 Å². The Morgan fingerprint density at radius 3 is 2.94 bits per heavy atom. The molecule has 0 radical (unpaired) electrons. The summed E-state index contributed by atoms with van der Waals surface area (Å²) in [5.41, 5.74) is 0.563. The van der Waals surface area contributed by atoms with Gasteiger partial charge < -0.3 is 5.32 Å². The van der Waals surface area contributed by atoms with Crippen molar-refractivity contribution in [3.8, 4) is 0 Å². The van der Waals surface area contributed by atoms with E-state index < -0.39 is 15.7 Å². The Morgan fingerprint density at radius 2 is 2.25 bits per heavy atom. The molecule has 0 amide bonds. The topological polar surface area (TPSA) is 46.2 Å². The molecule has 1 aliphatic heterocycles. The maximum atomic E-state index is 13.6. The molecule has 1 heterocycles. The Morgan fingerprint density at radius 1 is 1.50 bits per heavy atom. The largest absolute Gasteiger partial charge is 0.310 e. The molecule has 88 valence electrons. The lowest BCUT2D eigenvalue weighted by Crippen LogP contribution is -2.30. The van der Waals surface area contributed by atoms with Gasteiger partial charge in [-0.2, -0.15) is 0 Å². The molecule has 1 atom stereocenters. The summed E-state index contributed by atoms with van der Waals surface area (Å²) in [7, 11) is -3.44. The molecular weight excluding hydrogens is 229 g/mol. The maximum Gasteiger partial charge on any atom is 0.181 e. The van der Waals surface area contributed by atoms with Crippen LogP contribution in [0, 0.1) is 5.82 Å². The highest BCUT2D eigenvalue weighted by atomic mass is 32.2. The van der Waals surface area contributed by atoms with Crippen molar-refractivity contribution in [2.45, 2.75) is 24.3 Å². The Labute approximate surface area is 94.6 Å². The quantitative estimate of drug-likeness (QED) is 0.859. The molecule has 1 unspecified atom stereocenters. The van der Waals surface area contributed by atoms with Crippen LogP contribution in [0.5, 0.6) is 0 Å². The molecule has 1 aliphatic rings. The zero-order valence-electron chi connectivity index (χ0n) is 9.03. The Balaban J connectivity index is 2.58. The molecule has 5 heteroatoms. The van der Waals surface area contributed by atoms with E-state index in [1.165, 1.54) is 6.07 Å². The summed E-state index contributed by atoms with van der Waals surface area (Å²) < 4.78 is 37.1. The molecule has 0 fully saturated rings. The van der Waals surface area contributed by atoms with Gasteiger partial charge in [0, 0.05) is 6.04 Å². The molecule has 16 heavy (non-hydrogen) atoms. The summed E-state index contributed by atoms with van der Waals surface area (Å²) in [5, 5.41) is 3.17. The van der Waals surface area contributed by atoms with Crippen LogP contribution in [0.15, 0.2) is 23.1 Å². The number of hydrogen-bond donors (Lipinski definition) is 1. The van der Waals surface area contributed by atoms with Gasteiger partial charge in [-0.3, -0.25) is 0 Å². The van der Waals surface area contributed by atoms with Gasteiger partial charge >= 0.3 is 0 Å². The monoisotopic (exact) mass is 243 g/mol. The number of nitrogens with one attached hydrogen (secondary N) is 1. The van der Waals surface area contributed by atoms with Crippen LogP contribution in [0.4, 0.5) is 4.39 Å². The first-order valence-electron chi connectivity index (χ1n) is 5.31. The van der Waals surface area contributed by atoms with E-state index in [1.807, 2.05) is 6.92 Å². The molecule has 0 saturated carbocycles. The van der Waals surface area contributed by atoms with Gasteiger partial charge in [0.05, 0.1) is 5.75 Å². The summed E-state index contributed by atoms with van der Waals surface area (Å²) in [6.45, 7) is 2.68. The number of hydrogen-bond acceptors (Lipinski definition) is 3. The van der Waals surface area contributed by atoms with E-state index in [2.05, 4.69) is 5.32 Å². The Bertz CT molecular complexity index is 499. The maximum absolute atomic E-state index is 13.6. The van der Waals surface area contributed by atoms with E-state index in [1.54, 1.807) is 12.1 Å². The summed E-state index contributed by atoms with van der Waals surface area (Å²) in [6.07, 6.45) is 0.507. The fourth-order valence-corrected chi connectivity index (χ4v) is 3.80. The van der Waals surface area contributed by atoms with E-state index in [0.29, 0.717) is 12.0 Å². The predicted molar refractivity (Wildman–Crippen MR) is 59.5 cm³/mol. The predicted octanol–water partition coefficient (Wildman–Crippen LogP) is 1.65. The van der Waals surface area contributed by atoms with Gasteiger partial charge in [-0.1, -0.05) is 19.1 Å². The van der Waals surface area contributed by atoms with Gasteiger partial charge in [0.1, 0.15) is 10.7 Å². The van der Waals surface area contributed by atoms with Crippen LogP contribution in [0.3, 0.4) is 0 Å². The number of halogens is 1. The summed E-state index contributed by atoms with van der Waals surface area (Å²) in [5.74, 6) is -0.626. The minimum absolute atomic E-state index is 0.0125. The Hall–Kier alpha value is -0.940. The lowest BCUT2D eigenvalue weighted by molar-refractivity contribution is 0.486. The zero-order valence-corrected chi connectivity index (χ0v) is 9.85. The van der Waals surface area contributed by atoms with E-state index in [0.717, 1.165) is 6.54 Å². The highest BCUT2D eigenvalue weighted by molar-refractivity contribution is 7.91. The number of sulfone groups is 1. The van der Waals surface area contributed by atoms with Crippen LogP contribution in [0.2, 0.25) is 0 Å².